The van der Waals surface area contributed by atoms with E-state index < -0.39 is 15.8 Å². The highest BCUT2D eigenvalue weighted by Gasteiger charge is 2.20. The third-order valence-corrected chi connectivity index (χ3v) is 5.16. The van der Waals surface area contributed by atoms with Crippen molar-refractivity contribution in [3.63, 3.8) is 0 Å². The summed E-state index contributed by atoms with van der Waals surface area (Å²) in [6, 6.07) is 4.20. The van der Waals surface area contributed by atoms with Crippen LogP contribution in [0.2, 0.25) is 0 Å². The van der Waals surface area contributed by atoms with Crippen LogP contribution in [0, 0.1) is 12.7 Å². The van der Waals surface area contributed by atoms with Crippen LogP contribution in [-0.2, 0) is 16.6 Å². The van der Waals surface area contributed by atoms with E-state index in [2.05, 4.69) is 25.6 Å². The number of halogens is 2. The molecule has 0 radical (unpaired) electrons. The summed E-state index contributed by atoms with van der Waals surface area (Å²) in [4.78, 5) is 3.53. The van der Waals surface area contributed by atoms with Gasteiger partial charge in [-0.1, -0.05) is 15.9 Å². The van der Waals surface area contributed by atoms with E-state index in [0.29, 0.717) is 15.6 Å². The van der Waals surface area contributed by atoms with Gasteiger partial charge in [-0.05, 0) is 36.2 Å². The van der Waals surface area contributed by atoms with Crippen LogP contribution in [-0.4, -0.2) is 18.5 Å². The minimum atomic E-state index is -3.98. The monoisotopic (exact) mass is 374 g/mol. The van der Waals surface area contributed by atoms with Crippen molar-refractivity contribution in [3.8, 4) is 0 Å². The van der Waals surface area contributed by atoms with Gasteiger partial charge in [0.05, 0.1) is 23.4 Å². The van der Waals surface area contributed by atoms with Crippen molar-refractivity contribution in [2.24, 2.45) is 0 Å². The van der Waals surface area contributed by atoms with Crippen LogP contribution >= 0.6 is 15.9 Å². The number of hydrogen-bond acceptors (Lipinski definition) is 4. The second-order valence-electron chi connectivity index (χ2n) is 4.32. The van der Waals surface area contributed by atoms with Crippen molar-refractivity contribution in [1.29, 1.82) is 0 Å². The molecule has 0 fully saturated rings. The van der Waals surface area contributed by atoms with Crippen molar-refractivity contribution in [2.75, 3.05) is 4.72 Å². The summed E-state index contributed by atoms with van der Waals surface area (Å²) in [5.74, 6) is -0.767. The van der Waals surface area contributed by atoms with Gasteiger partial charge in [-0.3, -0.25) is 9.71 Å². The van der Waals surface area contributed by atoms with Gasteiger partial charge in [0.15, 0.2) is 5.82 Å². The van der Waals surface area contributed by atoms with Crippen LogP contribution in [0.4, 0.5) is 10.1 Å². The molecule has 5 nitrogen and oxygen atoms in total. The zero-order chi connectivity index (χ0) is 15.6. The number of nitrogens with zero attached hydrogens (tertiary/aromatic N) is 1. The lowest BCUT2D eigenvalue weighted by Gasteiger charge is -2.13. The first kappa shape index (κ1) is 15.9. The molecule has 1 heterocycles. The number of aliphatic hydroxyl groups excluding tert-OH is 1. The number of sulfonamides is 1. The number of rotatable bonds is 4. The fourth-order valence-corrected chi connectivity index (χ4v) is 3.76. The maximum absolute atomic E-state index is 13.5. The van der Waals surface area contributed by atoms with Gasteiger partial charge >= 0.3 is 0 Å². The Morgan fingerprint density at radius 3 is 2.76 bits per heavy atom. The third-order valence-electron chi connectivity index (χ3n) is 2.85. The number of nitrogens with one attached hydrogen (secondary N) is 1. The van der Waals surface area contributed by atoms with Crippen LogP contribution in [0.25, 0.3) is 0 Å². The zero-order valence-electron chi connectivity index (χ0n) is 11.0. The Kier molecular flexibility index (Phi) is 4.60. The molecule has 2 rings (SSSR count). The minimum Gasteiger partial charge on any atom is -0.392 e. The Hall–Kier alpha value is -1.51. The molecular weight excluding hydrogens is 363 g/mol. The second-order valence-corrected chi connectivity index (χ2v) is 6.83. The molecule has 0 aliphatic carbocycles. The molecule has 112 valence electrons. The molecule has 0 aliphatic rings. The predicted octanol–water partition coefficient (Wildman–Crippen LogP) is 2.58. The van der Waals surface area contributed by atoms with E-state index in [1.807, 2.05) is 0 Å². The van der Waals surface area contributed by atoms with Gasteiger partial charge in [-0.15, -0.1) is 0 Å². The van der Waals surface area contributed by atoms with E-state index in [9.17, 15) is 17.9 Å². The highest BCUT2D eigenvalue weighted by atomic mass is 79.9. The van der Waals surface area contributed by atoms with Crippen LogP contribution in [0.1, 0.15) is 11.1 Å². The van der Waals surface area contributed by atoms with Crippen molar-refractivity contribution in [1.82, 2.24) is 4.98 Å². The second kappa shape index (κ2) is 6.08. The smallest absolute Gasteiger partial charge is 0.262 e. The summed E-state index contributed by atoms with van der Waals surface area (Å²) >= 11 is 3.24. The lowest BCUT2D eigenvalue weighted by atomic mass is 10.2. The van der Waals surface area contributed by atoms with Gasteiger partial charge in [0.2, 0.25) is 0 Å². The first-order valence-electron chi connectivity index (χ1n) is 5.87. The largest absolute Gasteiger partial charge is 0.392 e. The maximum Gasteiger partial charge on any atom is 0.262 e. The first-order chi connectivity index (χ1) is 9.85. The summed E-state index contributed by atoms with van der Waals surface area (Å²) in [7, 11) is -3.98. The SMILES string of the molecule is Cc1c(Br)cc(CO)cc1S(=O)(=O)Nc1ccncc1F. The lowest BCUT2D eigenvalue weighted by molar-refractivity contribution is 0.281. The Morgan fingerprint density at radius 2 is 2.14 bits per heavy atom. The van der Waals surface area contributed by atoms with E-state index >= 15 is 0 Å². The van der Waals surface area contributed by atoms with Crippen molar-refractivity contribution in [3.05, 3.63) is 52.0 Å². The summed E-state index contributed by atoms with van der Waals surface area (Å²) in [6.07, 6.45) is 2.21. The van der Waals surface area contributed by atoms with Gasteiger partial charge in [-0.25, -0.2) is 12.8 Å². The van der Waals surface area contributed by atoms with Crippen LogP contribution in [0.3, 0.4) is 0 Å². The topological polar surface area (TPSA) is 79.3 Å². The number of aliphatic hydroxyl groups is 1. The number of anilines is 1. The number of pyridine rings is 1. The molecule has 8 heteroatoms. The lowest BCUT2D eigenvalue weighted by Crippen LogP contribution is -2.16. The summed E-state index contributed by atoms with van der Waals surface area (Å²) < 4.78 is 41.0. The van der Waals surface area contributed by atoms with E-state index in [4.69, 9.17) is 0 Å². The highest BCUT2D eigenvalue weighted by molar-refractivity contribution is 9.10. The van der Waals surface area contributed by atoms with Gasteiger partial charge in [0.25, 0.3) is 10.0 Å². The fraction of sp³-hybridized carbons (Fsp3) is 0.154. The molecule has 0 spiro atoms. The van der Waals surface area contributed by atoms with Crippen molar-refractivity contribution >= 4 is 31.6 Å². The van der Waals surface area contributed by atoms with E-state index in [-0.39, 0.29) is 17.2 Å². The normalized spacial score (nSPS) is 11.4. The summed E-state index contributed by atoms with van der Waals surface area (Å²) in [6.45, 7) is 1.31. The van der Waals surface area contributed by atoms with E-state index in [0.717, 1.165) is 6.20 Å². The average Bonchev–Trinajstić information content (AvgIpc) is 2.43. The predicted molar refractivity (Wildman–Crippen MR) is 79.8 cm³/mol. The van der Waals surface area contributed by atoms with Gasteiger partial charge < -0.3 is 5.11 Å². The number of benzene rings is 1. The Labute approximate surface area is 130 Å². The third kappa shape index (κ3) is 3.39. The maximum atomic E-state index is 13.5. The Bertz CT molecular complexity index is 781. The van der Waals surface area contributed by atoms with Crippen molar-refractivity contribution in [2.45, 2.75) is 18.4 Å². The zero-order valence-corrected chi connectivity index (χ0v) is 13.4. The molecule has 1 aromatic carbocycles. The van der Waals surface area contributed by atoms with Crippen LogP contribution in [0.15, 0.2) is 40.0 Å². The molecule has 2 N–H and O–H groups in total. The molecule has 0 saturated carbocycles. The highest BCUT2D eigenvalue weighted by Crippen LogP contribution is 2.27. The molecule has 0 aliphatic heterocycles. The van der Waals surface area contributed by atoms with Crippen LogP contribution in [0.5, 0.6) is 0 Å². The van der Waals surface area contributed by atoms with Gasteiger partial charge in [0.1, 0.15) is 0 Å². The summed E-state index contributed by atoms with van der Waals surface area (Å²) in [5.41, 5.74) is 0.715. The quantitative estimate of drug-likeness (QED) is 0.861. The average molecular weight is 375 g/mol. The standard InChI is InChI=1S/C13H12BrFN2O3S/c1-8-10(14)4-9(7-18)5-13(8)21(19,20)17-12-2-3-16-6-11(12)15/h2-6,18H,7H2,1H3,(H,16,17). The molecule has 0 unspecified atom stereocenters. The van der Waals surface area contributed by atoms with E-state index in [1.54, 1.807) is 13.0 Å². The molecule has 0 amide bonds. The minimum absolute atomic E-state index is 0.0304. The summed E-state index contributed by atoms with van der Waals surface area (Å²) in [5, 5.41) is 9.17. The fourth-order valence-electron chi connectivity index (χ4n) is 1.74. The van der Waals surface area contributed by atoms with Gasteiger partial charge in [0, 0.05) is 10.7 Å². The molecule has 21 heavy (non-hydrogen) atoms. The molecular formula is C13H12BrFN2O3S. The molecule has 0 bridgehead atoms. The van der Waals surface area contributed by atoms with E-state index in [1.165, 1.54) is 18.3 Å². The van der Waals surface area contributed by atoms with Crippen LogP contribution < -0.4 is 4.72 Å². The Morgan fingerprint density at radius 1 is 1.43 bits per heavy atom. The Balaban J connectivity index is 2.50. The molecule has 0 atom stereocenters. The first-order valence-corrected chi connectivity index (χ1v) is 8.15. The van der Waals surface area contributed by atoms with Crippen molar-refractivity contribution < 1.29 is 17.9 Å². The molecule has 1 aromatic heterocycles. The molecule has 0 saturated heterocycles. The number of hydrogen-bond donors (Lipinski definition) is 2. The molecule has 2 aromatic rings. The number of aromatic nitrogens is 1. The van der Waals surface area contributed by atoms with Gasteiger partial charge in [-0.2, -0.15) is 0 Å².